The van der Waals surface area contributed by atoms with E-state index in [0.717, 1.165) is 11.1 Å². The maximum atomic E-state index is 14.1. The van der Waals surface area contributed by atoms with Crippen molar-refractivity contribution < 1.29 is 13.2 Å². The van der Waals surface area contributed by atoms with Gasteiger partial charge in [0, 0.05) is 5.56 Å². The number of sulfonamides is 1. The van der Waals surface area contributed by atoms with Gasteiger partial charge in [0.25, 0.3) is 10.0 Å². The van der Waals surface area contributed by atoms with Gasteiger partial charge in [0.05, 0.1) is 18.2 Å². The first kappa shape index (κ1) is 20.9. The van der Waals surface area contributed by atoms with Crippen molar-refractivity contribution in [3.63, 3.8) is 0 Å². The Balaban J connectivity index is 1.75. The van der Waals surface area contributed by atoms with E-state index in [1.165, 1.54) is 4.31 Å². The number of hydrogen-bond donors (Lipinski definition) is 1. The van der Waals surface area contributed by atoms with Crippen molar-refractivity contribution >= 4 is 21.5 Å². The van der Waals surface area contributed by atoms with E-state index in [0.29, 0.717) is 16.8 Å². The molecule has 3 aromatic carbocycles. The quantitative estimate of drug-likeness (QED) is 0.626. The maximum absolute atomic E-state index is 14.1. The SMILES string of the molecule is Cc1ccc(CN2c3ccccc3C3=C([C@@H](c4ccccc4)C(C#N)=C(N)O3)S2(=O)=O)cc1. The molecular formula is C26H21N3O3S. The molecule has 0 amide bonds. The molecule has 0 saturated carbocycles. The highest BCUT2D eigenvalue weighted by Gasteiger charge is 2.47. The number of hydrogen-bond acceptors (Lipinski definition) is 5. The Labute approximate surface area is 192 Å². The molecule has 0 radical (unpaired) electrons. The fraction of sp³-hybridized carbons (Fsp3) is 0.115. The second kappa shape index (κ2) is 7.84. The van der Waals surface area contributed by atoms with Crippen LogP contribution in [0.4, 0.5) is 5.69 Å². The fourth-order valence-electron chi connectivity index (χ4n) is 4.32. The molecule has 0 unspecified atom stereocenters. The second-order valence-corrected chi connectivity index (χ2v) is 9.87. The second-order valence-electron chi connectivity index (χ2n) is 8.04. The van der Waals surface area contributed by atoms with Gasteiger partial charge in [0.15, 0.2) is 5.76 Å². The van der Waals surface area contributed by atoms with Crippen molar-refractivity contribution in [1.82, 2.24) is 0 Å². The van der Waals surface area contributed by atoms with E-state index >= 15 is 0 Å². The van der Waals surface area contributed by atoms with Crippen molar-refractivity contribution in [3.05, 3.63) is 117 Å². The lowest BCUT2D eigenvalue weighted by Gasteiger charge is -2.38. The van der Waals surface area contributed by atoms with Crippen LogP contribution in [-0.4, -0.2) is 8.42 Å². The lowest BCUT2D eigenvalue weighted by atomic mass is 9.88. The van der Waals surface area contributed by atoms with Gasteiger partial charge in [-0.1, -0.05) is 72.3 Å². The molecule has 0 fully saturated rings. The van der Waals surface area contributed by atoms with Crippen LogP contribution in [0, 0.1) is 18.3 Å². The van der Waals surface area contributed by atoms with Crippen LogP contribution < -0.4 is 10.0 Å². The summed E-state index contributed by atoms with van der Waals surface area (Å²) in [5.41, 5.74) is 9.95. The number of rotatable bonds is 3. The number of para-hydroxylation sites is 1. The standard InChI is InChI=1S/C26H21N3O3S/c1-17-11-13-18(14-12-17)16-29-22-10-6-5-9-20(22)24-25(33(29,30)31)23(19-7-3-2-4-8-19)21(15-27)26(28)32-24/h2-14,23H,16,28H2,1H3/t23-/m0/s1. The van der Waals surface area contributed by atoms with E-state index in [1.54, 1.807) is 24.3 Å². The van der Waals surface area contributed by atoms with Crippen LogP contribution in [0.15, 0.2) is 95.2 Å². The van der Waals surface area contributed by atoms with Gasteiger partial charge < -0.3 is 10.5 Å². The molecule has 0 spiro atoms. The normalized spacial score (nSPS) is 18.8. The maximum Gasteiger partial charge on any atom is 0.265 e. The molecule has 0 bridgehead atoms. The van der Waals surface area contributed by atoms with Crippen LogP contribution in [0.1, 0.15) is 28.2 Å². The number of nitrogens with two attached hydrogens (primary N) is 1. The first-order chi connectivity index (χ1) is 15.9. The molecule has 33 heavy (non-hydrogen) atoms. The zero-order chi connectivity index (χ0) is 23.2. The number of nitriles is 1. The van der Waals surface area contributed by atoms with E-state index in [-0.39, 0.29) is 28.7 Å². The Morgan fingerprint density at radius 3 is 2.36 bits per heavy atom. The minimum absolute atomic E-state index is 0.0326. The minimum Gasteiger partial charge on any atom is -0.439 e. The molecule has 3 aromatic rings. The minimum atomic E-state index is -4.06. The summed E-state index contributed by atoms with van der Waals surface area (Å²) < 4.78 is 35.5. The molecule has 2 aliphatic heterocycles. The molecule has 7 heteroatoms. The first-order valence-electron chi connectivity index (χ1n) is 10.5. The zero-order valence-corrected chi connectivity index (χ0v) is 18.7. The summed E-state index contributed by atoms with van der Waals surface area (Å²) >= 11 is 0. The summed E-state index contributed by atoms with van der Waals surface area (Å²) in [5.74, 6) is -0.767. The predicted molar refractivity (Wildman–Crippen MR) is 127 cm³/mol. The highest BCUT2D eigenvalue weighted by atomic mass is 32.2. The molecule has 2 N–H and O–H groups in total. The molecular weight excluding hydrogens is 434 g/mol. The third-order valence-electron chi connectivity index (χ3n) is 5.94. The summed E-state index contributed by atoms with van der Waals surface area (Å²) in [6.07, 6.45) is 0. The Morgan fingerprint density at radius 1 is 1.00 bits per heavy atom. The summed E-state index contributed by atoms with van der Waals surface area (Å²) in [4.78, 5) is 0.0326. The van der Waals surface area contributed by atoms with Gasteiger partial charge in [-0.25, -0.2) is 8.42 Å². The third-order valence-corrected chi connectivity index (χ3v) is 7.82. The largest absolute Gasteiger partial charge is 0.439 e. The Kier molecular flexibility index (Phi) is 4.95. The predicted octanol–water partition coefficient (Wildman–Crippen LogP) is 4.52. The monoisotopic (exact) mass is 455 g/mol. The van der Waals surface area contributed by atoms with Gasteiger partial charge in [0.2, 0.25) is 5.88 Å². The fourth-order valence-corrected chi connectivity index (χ4v) is 6.23. The first-order valence-corrected chi connectivity index (χ1v) is 11.9. The third kappa shape index (κ3) is 3.36. The Bertz CT molecular complexity index is 1450. The molecule has 0 aliphatic carbocycles. The number of allylic oxidation sites excluding steroid dienone is 2. The molecule has 2 heterocycles. The van der Waals surface area contributed by atoms with Gasteiger partial charge in [-0.3, -0.25) is 4.31 Å². The van der Waals surface area contributed by atoms with Crippen LogP contribution in [-0.2, 0) is 21.3 Å². The number of nitrogens with zero attached hydrogens (tertiary/aromatic N) is 2. The average molecular weight is 456 g/mol. The summed E-state index contributed by atoms with van der Waals surface area (Å²) in [6.45, 7) is 2.14. The van der Waals surface area contributed by atoms with Gasteiger partial charge in [0.1, 0.15) is 16.5 Å². The zero-order valence-electron chi connectivity index (χ0n) is 17.9. The van der Waals surface area contributed by atoms with Crippen LogP contribution in [0.2, 0.25) is 0 Å². The average Bonchev–Trinajstić information content (AvgIpc) is 2.82. The van der Waals surface area contributed by atoms with Crippen molar-refractivity contribution in [2.45, 2.75) is 19.4 Å². The van der Waals surface area contributed by atoms with Gasteiger partial charge in [-0.2, -0.15) is 5.26 Å². The number of fused-ring (bicyclic) bond motifs is 2. The number of benzene rings is 3. The van der Waals surface area contributed by atoms with Crippen LogP contribution >= 0.6 is 0 Å². The lowest BCUT2D eigenvalue weighted by Crippen LogP contribution is -2.39. The molecule has 6 nitrogen and oxygen atoms in total. The highest BCUT2D eigenvalue weighted by molar-refractivity contribution is 7.96. The van der Waals surface area contributed by atoms with Crippen molar-refractivity contribution in [2.75, 3.05) is 4.31 Å². The molecule has 0 aromatic heterocycles. The van der Waals surface area contributed by atoms with E-state index in [2.05, 4.69) is 6.07 Å². The van der Waals surface area contributed by atoms with Gasteiger partial charge >= 0.3 is 0 Å². The number of anilines is 1. The van der Waals surface area contributed by atoms with E-state index < -0.39 is 15.9 Å². The van der Waals surface area contributed by atoms with Crippen LogP contribution in [0.3, 0.4) is 0 Å². The van der Waals surface area contributed by atoms with Crippen molar-refractivity contribution in [1.29, 1.82) is 5.26 Å². The van der Waals surface area contributed by atoms with Crippen LogP contribution in [0.5, 0.6) is 0 Å². The van der Waals surface area contributed by atoms with E-state index in [1.807, 2.05) is 61.5 Å². The molecule has 0 saturated heterocycles. The smallest absolute Gasteiger partial charge is 0.265 e. The highest BCUT2D eigenvalue weighted by Crippen LogP contribution is 2.51. The lowest BCUT2D eigenvalue weighted by molar-refractivity contribution is 0.357. The number of ether oxygens (including phenoxy) is 1. The van der Waals surface area contributed by atoms with Crippen molar-refractivity contribution in [2.24, 2.45) is 5.73 Å². The molecule has 1 atom stereocenters. The Morgan fingerprint density at radius 2 is 1.67 bits per heavy atom. The molecule has 5 rings (SSSR count). The Hall–Kier alpha value is -4.02. The topological polar surface area (TPSA) is 96.4 Å². The van der Waals surface area contributed by atoms with Crippen LogP contribution in [0.25, 0.3) is 5.76 Å². The summed E-state index contributed by atoms with van der Waals surface area (Å²) in [7, 11) is -4.06. The van der Waals surface area contributed by atoms with E-state index in [9.17, 15) is 13.7 Å². The summed E-state index contributed by atoms with van der Waals surface area (Å²) in [5, 5.41) is 9.88. The van der Waals surface area contributed by atoms with Crippen molar-refractivity contribution in [3.8, 4) is 6.07 Å². The van der Waals surface area contributed by atoms with Gasteiger partial charge in [-0.05, 0) is 30.2 Å². The van der Waals surface area contributed by atoms with E-state index in [4.69, 9.17) is 10.5 Å². The van der Waals surface area contributed by atoms with Gasteiger partial charge in [-0.15, -0.1) is 0 Å². The molecule has 164 valence electrons. The number of aryl methyl sites for hydroxylation is 1. The summed E-state index contributed by atoms with van der Waals surface area (Å²) in [6, 6.07) is 26.1. The molecule has 2 aliphatic rings.